The van der Waals surface area contributed by atoms with E-state index < -0.39 is 11.7 Å². The summed E-state index contributed by atoms with van der Waals surface area (Å²) in [6.07, 6.45) is 3.61. The third-order valence-corrected chi connectivity index (χ3v) is 5.32. The van der Waals surface area contributed by atoms with E-state index >= 15 is 0 Å². The number of hydrogen-bond donors (Lipinski definition) is 1. The van der Waals surface area contributed by atoms with Gasteiger partial charge < -0.3 is 0 Å². The first kappa shape index (κ1) is 18.8. The van der Waals surface area contributed by atoms with Gasteiger partial charge in [-0.05, 0) is 35.5 Å². The van der Waals surface area contributed by atoms with Gasteiger partial charge in [0.2, 0.25) is 0 Å². The van der Waals surface area contributed by atoms with Gasteiger partial charge in [0.1, 0.15) is 5.03 Å². The number of carbonyl (C=O) groups excluding carboxylic acids is 1. The molecule has 2 aromatic heterocycles. The van der Waals surface area contributed by atoms with Crippen molar-refractivity contribution >= 4 is 45.7 Å². The largest absolute Gasteiger partial charge is 0.298 e. The van der Waals surface area contributed by atoms with E-state index in [1.54, 1.807) is 6.20 Å². The molecule has 0 saturated carbocycles. The van der Waals surface area contributed by atoms with Crippen LogP contribution in [0, 0.1) is 0 Å². The van der Waals surface area contributed by atoms with Gasteiger partial charge in [-0.1, -0.05) is 29.8 Å². The third-order valence-electron chi connectivity index (χ3n) is 3.31. The summed E-state index contributed by atoms with van der Waals surface area (Å²) in [4.78, 5) is 21.3. The number of thiazole rings is 1. The van der Waals surface area contributed by atoms with Crippen LogP contribution in [-0.2, 0) is 6.42 Å². The Labute approximate surface area is 161 Å². The molecule has 0 radical (unpaired) electrons. The zero-order valence-corrected chi connectivity index (χ0v) is 15.5. The maximum atomic E-state index is 12.6. The number of halogens is 3. The highest BCUT2D eigenvalue weighted by Gasteiger charge is 2.18. The predicted molar refractivity (Wildman–Crippen MR) is 100 cm³/mol. The first-order valence-electron chi connectivity index (χ1n) is 7.42. The summed E-state index contributed by atoms with van der Waals surface area (Å²) in [5, 5.41) is 3.66. The normalized spacial score (nSPS) is 10.9. The summed E-state index contributed by atoms with van der Waals surface area (Å²) in [6, 6.07) is 10.5. The summed E-state index contributed by atoms with van der Waals surface area (Å²) < 4.78 is 25.2. The number of benzene rings is 1. The van der Waals surface area contributed by atoms with Gasteiger partial charge in [-0.2, -0.15) is 8.78 Å². The van der Waals surface area contributed by atoms with E-state index in [1.165, 1.54) is 29.7 Å². The molecule has 0 saturated heterocycles. The minimum Gasteiger partial charge on any atom is -0.298 e. The van der Waals surface area contributed by atoms with Crippen LogP contribution in [0.3, 0.4) is 0 Å². The average Bonchev–Trinajstić information content (AvgIpc) is 3.04. The van der Waals surface area contributed by atoms with E-state index in [0.29, 0.717) is 16.6 Å². The molecular weight excluding hydrogens is 400 g/mol. The Morgan fingerprint density at radius 3 is 2.81 bits per heavy atom. The Bertz CT molecular complexity index is 920. The van der Waals surface area contributed by atoms with Gasteiger partial charge in [0.25, 0.3) is 11.7 Å². The van der Waals surface area contributed by atoms with Crippen molar-refractivity contribution in [1.29, 1.82) is 0 Å². The Balaban J connectivity index is 1.71. The van der Waals surface area contributed by atoms with Gasteiger partial charge in [0.15, 0.2) is 5.13 Å². The first-order valence-corrected chi connectivity index (χ1v) is 9.49. The van der Waals surface area contributed by atoms with Crippen LogP contribution in [0.4, 0.5) is 13.9 Å². The molecule has 0 unspecified atom stereocenters. The fourth-order valence-corrected chi connectivity index (χ4v) is 3.79. The number of pyridine rings is 1. The molecule has 9 heteroatoms. The minimum absolute atomic E-state index is 0.0205. The molecule has 1 aromatic carbocycles. The first-order chi connectivity index (χ1) is 12.5. The van der Waals surface area contributed by atoms with Crippen molar-refractivity contribution in [2.24, 2.45) is 0 Å². The molecule has 2 heterocycles. The average molecular weight is 412 g/mol. The lowest BCUT2D eigenvalue weighted by molar-refractivity contribution is 0.102. The Morgan fingerprint density at radius 2 is 2.04 bits per heavy atom. The number of alkyl halides is 2. The predicted octanol–water partition coefficient (Wildman–Crippen LogP) is 5.35. The van der Waals surface area contributed by atoms with E-state index in [9.17, 15) is 13.6 Å². The van der Waals surface area contributed by atoms with Crippen LogP contribution in [0.15, 0.2) is 53.8 Å². The van der Waals surface area contributed by atoms with Crippen LogP contribution < -0.4 is 5.32 Å². The van der Waals surface area contributed by atoms with Crippen LogP contribution in [0.2, 0.25) is 5.02 Å². The number of anilines is 1. The van der Waals surface area contributed by atoms with Gasteiger partial charge in [-0.25, -0.2) is 9.97 Å². The van der Waals surface area contributed by atoms with Crippen molar-refractivity contribution in [3.8, 4) is 0 Å². The highest BCUT2D eigenvalue weighted by Crippen LogP contribution is 2.28. The molecule has 0 spiro atoms. The lowest BCUT2D eigenvalue weighted by atomic mass is 10.1. The number of nitrogens with one attached hydrogen (secondary N) is 1. The van der Waals surface area contributed by atoms with Crippen LogP contribution in [0.5, 0.6) is 0 Å². The third kappa shape index (κ3) is 4.78. The smallest absolute Gasteiger partial charge is 0.290 e. The summed E-state index contributed by atoms with van der Waals surface area (Å²) in [7, 11) is 0. The maximum absolute atomic E-state index is 12.6. The minimum atomic E-state index is -2.65. The summed E-state index contributed by atoms with van der Waals surface area (Å²) in [5.41, 5.74) is 1.04. The highest BCUT2D eigenvalue weighted by molar-refractivity contribution is 7.99. The molecule has 4 nitrogen and oxygen atoms in total. The summed E-state index contributed by atoms with van der Waals surface area (Å²) in [5.74, 6) is -3.18. The van der Waals surface area contributed by atoms with Crippen LogP contribution in [0.1, 0.15) is 20.8 Å². The van der Waals surface area contributed by atoms with Gasteiger partial charge in [0, 0.05) is 28.7 Å². The molecule has 0 aliphatic rings. The van der Waals surface area contributed by atoms with E-state index in [4.69, 9.17) is 11.6 Å². The molecule has 134 valence electrons. The van der Waals surface area contributed by atoms with Gasteiger partial charge in [0.05, 0.1) is 5.56 Å². The standard InChI is InChI=1S/C17H12ClF2N3OS2/c18-13-6-2-1-4-10(13)8-11-9-22-17(25-11)23-14(24)12-5-3-7-21-15(12)26-16(19)20/h1-7,9,16H,8H2,(H,22,23,24). The van der Waals surface area contributed by atoms with Crippen molar-refractivity contribution in [3.63, 3.8) is 0 Å². The number of thioether (sulfide) groups is 1. The molecule has 1 N–H and O–H groups in total. The lowest BCUT2D eigenvalue weighted by Gasteiger charge is -2.06. The van der Waals surface area contributed by atoms with E-state index in [2.05, 4.69) is 15.3 Å². The van der Waals surface area contributed by atoms with E-state index in [0.717, 1.165) is 10.4 Å². The fraction of sp³-hybridized carbons (Fsp3) is 0.118. The van der Waals surface area contributed by atoms with E-state index in [-0.39, 0.29) is 22.4 Å². The van der Waals surface area contributed by atoms with Crippen LogP contribution >= 0.6 is 34.7 Å². The Kier molecular flexibility index (Phi) is 6.18. The van der Waals surface area contributed by atoms with Crippen molar-refractivity contribution < 1.29 is 13.6 Å². The molecule has 1 amide bonds. The number of aromatic nitrogens is 2. The molecule has 0 aliphatic heterocycles. The van der Waals surface area contributed by atoms with Crippen molar-refractivity contribution in [3.05, 3.63) is 69.8 Å². The molecule has 3 aromatic rings. The lowest BCUT2D eigenvalue weighted by Crippen LogP contribution is -2.13. The zero-order chi connectivity index (χ0) is 18.5. The van der Waals surface area contributed by atoms with Crippen molar-refractivity contribution in [1.82, 2.24) is 9.97 Å². The SMILES string of the molecule is O=C(Nc1ncc(Cc2ccccc2Cl)s1)c1cccnc1SC(F)F. The summed E-state index contributed by atoms with van der Waals surface area (Å²) in [6.45, 7) is 0. The number of amides is 1. The van der Waals surface area contributed by atoms with Crippen molar-refractivity contribution in [2.75, 3.05) is 5.32 Å². The molecule has 0 aliphatic carbocycles. The fourth-order valence-electron chi connectivity index (χ4n) is 2.18. The van der Waals surface area contributed by atoms with Crippen LogP contribution in [0.25, 0.3) is 0 Å². The second kappa shape index (κ2) is 8.57. The zero-order valence-electron chi connectivity index (χ0n) is 13.2. The van der Waals surface area contributed by atoms with Gasteiger partial charge in [-0.15, -0.1) is 11.3 Å². The highest BCUT2D eigenvalue weighted by atomic mass is 35.5. The van der Waals surface area contributed by atoms with Crippen LogP contribution in [-0.4, -0.2) is 21.6 Å². The number of carbonyl (C=O) groups is 1. The second-order valence-electron chi connectivity index (χ2n) is 5.09. The van der Waals surface area contributed by atoms with Gasteiger partial charge >= 0.3 is 0 Å². The number of rotatable bonds is 6. The molecule has 26 heavy (non-hydrogen) atoms. The number of hydrogen-bond acceptors (Lipinski definition) is 5. The molecule has 3 rings (SSSR count). The monoisotopic (exact) mass is 411 g/mol. The quantitative estimate of drug-likeness (QED) is 0.555. The molecular formula is C17H12ClF2N3OS2. The Hall–Kier alpha value is -2.03. The second-order valence-corrected chi connectivity index (χ2v) is 7.59. The summed E-state index contributed by atoms with van der Waals surface area (Å²) >= 11 is 7.69. The molecule has 0 fully saturated rings. The van der Waals surface area contributed by atoms with Gasteiger partial charge in [-0.3, -0.25) is 10.1 Å². The van der Waals surface area contributed by atoms with Crippen molar-refractivity contribution in [2.45, 2.75) is 17.2 Å². The Morgan fingerprint density at radius 1 is 1.23 bits per heavy atom. The maximum Gasteiger partial charge on any atom is 0.290 e. The topological polar surface area (TPSA) is 54.9 Å². The van der Waals surface area contributed by atoms with E-state index in [1.807, 2.05) is 24.3 Å². The molecule has 0 atom stereocenters. The molecule has 0 bridgehead atoms. The number of nitrogens with zero attached hydrogens (tertiary/aromatic N) is 2.